The smallest absolute Gasteiger partial charge is 0.315 e. The highest BCUT2D eigenvalue weighted by Gasteiger charge is 2.36. The van der Waals surface area contributed by atoms with E-state index in [0.29, 0.717) is 6.54 Å². The average molecular weight is 364 g/mol. The van der Waals surface area contributed by atoms with Gasteiger partial charge in [0, 0.05) is 13.1 Å². The molecule has 0 aromatic heterocycles. The molecule has 0 spiro atoms. The summed E-state index contributed by atoms with van der Waals surface area (Å²) in [7, 11) is 3.32. The normalized spacial score (nSPS) is 18.2. The molecule has 1 heterocycles. The first-order valence-corrected chi connectivity index (χ1v) is 9.49. The number of nitrogens with zero attached hydrogens (tertiary/aromatic N) is 1. The number of benzene rings is 1. The Hall–Kier alpha value is -1.95. The van der Waals surface area contributed by atoms with Crippen LogP contribution >= 0.6 is 0 Å². The van der Waals surface area contributed by atoms with E-state index in [2.05, 4.69) is 48.4 Å². The number of methoxy groups -OCH3 is 2. The third-order valence-corrected chi connectivity index (χ3v) is 5.13. The lowest BCUT2D eigenvalue weighted by molar-refractivity contribution is 0.132. The molecule has 0 saturated carbocycles. The molecule has 0 aliphatic carbocycles. The molecule has 0 fully saturated rings. The fraction of sp³-hybridized carbons (Fsp3) is 0.650. The van der Waals surface area contributed by atoms with Gasteiger partial charge in [0.2, 0.25) is 0 Å². The molecule has 6 nitrogen and oxygen atoms in total. The second-order valence-corrected chi connectivity index (χ2v) is 7.00. The van der Waals surface area contributed by atoms with Gasteiger partial charge in [-0.1, -0.05) is 20.8 Å². The molecule has 0 saturated heterocycles. The summed E-state index contributed by atoms with van der Waals surface area (Å²) in [6, 6.07) is 4.15. The second-order valence-electron chi connectivity index (χ2n) is 7.00. The largest absolute Gasteiger partial charge is 0.493 e. The SMILES string of the molecule is CCNC(=O)NC(C(C)C)C1c2cc(OC)c(OC)cc2CCN1CC. The molecule has 2 amide bonds. The fourth-order valence-corrected chi connectivity index (χ4v) is 3.78. The zero-order valence-corrected chi connectivity index (χ0v) is 16.9. The molecule has 2 atom stereocenters. The van der Waals surface area contributed by atoms with Crippen LogP contribution in [-0.4, -0.2) is 50.8 Å². The molecule has 1 aromatic carbocycles. The molecule has 1 aliphatic heterocycles. The van der Waals surface area contributed by atoms with Crippen molar-refractivity contribution >= 4 is 6.03 Å². The van der Waals surface area contributed by atoms with Gasteiger partial charge < -0.3 is 20.1 Å². The van der Waals surface area contributed by atoms with Crippen LogP contribution in [0.25, 0.3) is 0 Å². The Bertz CT molecular complexity index is 619. The Morgan fingerprint density at radius 2 is 1.88 bits per heavy atom. The Morgan fingerprint density at radius 1 is 1.23 bits per heavy atom. The van der Waals surface area contributed by atoms with E-state index in [1.165, 1.54) is 11.1 Å². The molecule has 1 aromatic rings. The van der Waals surface area contributed by atoms with Crippen LogP contribution in [0.1, 0.15) is 44.9 Å². The van der Waals surface area contributed by atoms with Crippen molar-refractivity contribution in [2.75, 3.05) is 33.9 Å². The Balaban J connectivity index is 2.48. The second kappa shape index (κ2) is 9.12. The Kier molecular flexibility index (Phi) is 7.14. The van der Waals surface area contributed by atoms with Crippen LogP contribution < -0.4 is 20.1 Å². The van der Waals surface area contributed by atoms with Gasteiger partial charge in [-0.05, 0) is 49.1 Å². The van der Waals surface area contributed by atoms with E-state index in [-0.39, 0.29) is 24.0 Å². The fourth-order valence-electron chi connectivity index (χ4n) is 3.78. The molecular formula is C20H33N3O3. The predicted octanol–water partition coefficient (Wildman–Crippen LogP) is 2.97. The average Bonchev–Trinajstić information content (AvgIpc) is 2.64. The van der Waals surface area contributed by atoms with Crippen molar-refractivity contribution in [1.29, 1.82) is 0 Å². The van der Waals surface area contributed by atoms with E-state index < -0.39 is 0 Å². The number of carbonyl (C=O) groups excluding carboxylic acids is 1. The van der Waals surface area contributed by atoms with E-state index in [4.69, 9.17) is 9.47 Å². The first-order chi connectivity index (χ1) is 12.5. The zero-order valence-electron chi connectivity index (χ0n) is 16.9. The number of likely N-dealkylation sites (N-methyl/N-ethyl adjacent to an activating group) is 1. The zero-order chi connectivity index (χ0) is 19.3. The lowest BCUT2D eigenvalue weighted by Crippen LogP contribution is -2.53. The summed E-state index contributed by atoms with van der Waals surface area (Å²) in [5.41, 5.74) is 2.48. The minimum absolute atomic E-state index is 0.00125. The molecule has 6 heteroatoms. The maximum atomic E-state index is 12.2. The number of amides is 2. The standard InChI is InChI=1S/C20H33N3O3/c1-7-21-20(24)22-18(13(3)4)19-15-12-17(26-6)16(25-5)11-14(15)9-10-23(19)8-2/h11-13,18-19H,7-10H2,1-6H3,(H2,21,22,24). The van der Waals surface area contributed by atoms with Crippen LogP contribution in [0.15, 0.2) is 12.1 Å². The van der Waals surface area contributed by atoms with Gasteiger partial charge in [0.15, 0.2) is 11.5 Å². The van der Waals surface area contributed by atoms with E-state index in [1.54, 1.807) is 14.2 Å². The molecule has 0 radical (unpaired) electrons. The Morgan fingerprint density at radius 3 is 2.42 bits per heavy atom. The van der Waals surface area contributed by atoms with Gasteiger partial charge in [-0.15, -0.1) is 0 Å². The number of nitrogens with one attached hydrogen (secondary N) is 2. The van der Waals surface area contributed by atoms with E-state index >= 15 is 0 Å². The topological polar surface area (TPSA) is 62.8 Å². The van der Waals surface area contributed by atoms with Crippen LogP contribution in [-0.2, 0) is 6.42 Å². The molecule has 2 unspecified atom stereocenters. The first kappa shape index (κ1) is 20.4. The lowest BCUT2D eigenvalue weighted by atomic mass is 9.83. The quantitative estimate of drug-likeness (QED) is 0.782. The number of fused-ring (bicyclic) bond motifs is 1. The predicted molar refractivity (Wildman–Crippen MR) is 104 cm³/mol. The molecular weight excluding hydrogens is 330 g/mol. The van der Waals surface area contributed by atoms with Gasteiger partial charge in [-0.3, -0.25) is 4.90 Å². The number of hydrogen-bond donors (Lipinski definition) is 2. The summed E-state index contributed by atoms with van der Waals surface area (Å²) in [5, 5.41) is 6.05. The van der Waals surface area contributed by atoms with Crippen molar-refractivity contribution in [2.45, 2.75) is 46.2 Å². The summed E-state index contributed by atoms with van der Waals surface area (Å²) < 4.78 is 11.0. The maximum Gasteiger partial charge on any atom is 0.315 e. The third-order valence-electron chi connectivity index (χ3n) is 5.13. The van der Waals surface area contributed by atoms with Crippen LogP contribution in [0, 0.1) is 5.92 Å². The lowest BCUT2D eigenvalue weighted by Gasteiger charge is -2.43. The maximum absolute atomic E-state index is 12.2. The van der Waals surface area contributed by atoms with Crippen molar-refractivity contribution < 1.29 is 14.3 Å². The Labute approximate surface area is 157 Å². The summed E-state index contributed by atoms with van der Waals surface area (Å²) in [5.74, 6) is 1.78. The van der Waals surface area contributed by atoms with Gasteiger partial charge in [0.05, 0.1) is 26.3 Å². The summed E-state index contributed by atoms with van der Waals surface area (Å²) in [6.45, 7) is 10.9. The first-order valence-electron chi connectivity index (χ1n) is 9.49. The van der Waals surface area contributed by atoms with Crippen LogP contribution in [0.3, 0.4) is 0 Å². The molecule has 2 N–H and O–H groups in total. The highest BCUT2D eigenvalue weighted by Crippen LogP contribution is 2.40. The minimum Gasteiger partial charge on any atom is -0.493 e. The summed E-state index contributed by atoms with van der Waals surface area (Å²) >= 11 is 0. The summed E-state index contributed by atoms with van der Waals surface area (Å²) in [6.07, 6.45) is 0.964. The number of hydrogen-bond acceptors (Lipinski definition) is 4. The van der Waals surface area contributed by atoms with Crippen molar-refractivity contribution in [1.82, 2.24) is 15.5 Å². The summed E-state index contributed by atoms with van der Waals surface area (Å²) in [4.78, 5) is 14.7. The van der Waals surface area contributed by atoms with E-state index in [1.807, 2.05) is 6.92 Å². The van der Waals surface area contributed by atoms with Crippen molar-refractivity contribution in [2.24, 2.45) is 5.92 Å². The number of urea groups is 1. The van der Waals surface area contributed by atoms with Crippen molar-refractivity contribution in [3.05, 3.63) is 23.3 Å². The van der Waals surface area contributed by atoms with Crippen molar-refractivity contribution in [3.63, 3.8) is 0 Å². The van der Waals surface area contributed by atoms with Gasteiger partial charge in [0.1, 0.15) is 0 Å². The van der Waals surface area contributed by atoms with E-state index in [9.17, 15) is 4.79 Å². The van der Waals surface area contributed by atoms with Gasteiger partial charge in [0.25, 0.3) is 0 Å². The molecule has 2 rings (SSSR count). The van der Waals surface area contributed by atoms with Gasteiger partial charge in [-0.2, -0.15) is 0 Å². The van der Waals surface area contributed by atoms with Crippen LogP contribution in [0.2, 0.25) is 0 Å². The molecule has 146 valence electrons. The highest BCUT2D eigenvalue weighted by molar-refractivity contribution is 5.74. The monoisotopic (exact) mass is 363 g/mol. The highest BCUT2D eigenvalue weighted by atomic mass is 16.5. The van der Waals surface area contributed by atoms with E-state index in [0.717, 1.165) is 31.0 Å². The minimum atomic E-state index is -0.116. The van der Waals surface area contributed by atoms with Crippen LogP contribution in [0.4, 0.5) is 4.79 Å². The molecule has 26 heavy (non-hydrogen) atoms. The van der Waals surface area contributed by atoms with Gasteiger partial charge >= 0.3 is 6.03 Å². The number of rotatable bonds is 7. The number of carbonyl (C=O) groups is 1. The van der Waals surface area contributed by atoms with Gasteiger partial charge in [-0.25, -0.2) is 4.79 Å². The van der Waals surface area contributed by atoms with Crippen LogP contribution in [0.5, 0.6) is 11.5 Å². The number of ether oxygens (including phenoxy) is 2. The molecule has 1 aliphatic rings. The third kappa shape index (κ3) is 4.23. The van der Waals surface area contributed by atoms with Crippen molar-refractivity contribution in [3.8, 4) is 11.5 Å². The molecule has 0 bridgehead atoms.